The summed E-state index contributed by atoms with van der Waals surface area (Å²) in [6.07, 6.45) is 5.17. The van der Waals surface area contributed by atoms with Gasteiger partial charge >= 0.3 is 0 Å². The van der Waals surface area contributed by atoms with E-state index in [1.807, 2.05) is 18.2 Å². The van der Waals surface area contributed by atoms with Gasteiger partial charge in [0.05, 0.1) is 6.04 Å². The molecule has 0 heterocycles. The Balaban J connectivity index is 1.68. The summed E-state index contributed by atoms with van der Waals surface area (Å²) < 4.78 is 0. The Hall–Kier alpha value is -2.08. The molecule has 0 aliphatic heterocycles. The number of hydrogen-bond acceptors (Lipinski definition) is 1. The second-order valence-electron chi connectivity index (χ2n) is 8.45. The maximum atomic E-state index is 11.6. The molecule has 0 aromatic heterocycles. The Morgan fingerprint density at radius 3 is 2.18 bits per heavy atom. The first-order valence-corrected chi connectivity index (χ1v) is 10.7. The second kappa shape index (κ2) is 9.92. The molecule has 148 valence electrons. The lowest BCUT2D eigenvalue weighted by atomic mass is 9.78. The first-order chi connectivity index (χ1) is 13.6. The molecule has 0 radical (unpaired) electrons. The normalized spacial score (nSPS) is 17.7. The van der Waals surface area contributed by atoms with Crippen LogP contribution in [0.1, 0.15) is 57.1 Å². The predicted molar refractivity (Wildman–Crippen MR) is 116 cm³/mol. The third kappa shape index (κ3) is 5.25. The summed E-state index contributed by atoms with van der Waals surface area (Å²) in [5.74, 6) is 7.06. The fraction of sp³-hybridized carbons (Fsp3) is 0.462. The van der Waals surface area contributed by atoms with Gasteiger partial charge in [0.25, 0.3) is 0 Å². The van der Waals surface area contributed by atoms with Gasteiger partial charge in [-0.05, 0) is 44.1 Å². The van der Waals surface area contributed by atoms with Gasteiger partial charge in [-0.1, -0.05) is 79.4 Å². The minimum atomic E-state index is -0.817. The second-order valence-corrected chi connectivity index (χ2v) is 8.45. The number of nitrogens with one attached hydrogen (secondary N) is 1. The fourth-order valence-corrected chi connectivity index (χ4v) is 4.31. The Labute approximate surface area is 170 Å². The van der Waals surface area contributed by atoms with Gasteiger partial charge in [0.2, 0.25) is 0 Å². The Bertz CT molecular complexity index is 768. The summed E-state index contributed by atoms with van der Waals surface area (Å²) in [4.78, 5) is 1.46. The highest BCUT2D eigenvalue weighted by atomic mass is 16.3. The molecule has 1 saturated carbocycles. The van der Waals surface area contributed by atoms with Gasteiger partial charge in [0, 0.05) is 12.0 Å². The van der Waals surface area contributed by atoms with Crippen molar-refractivity contribution in [1.82, 2.24) is 0 Å². The van der Waals surface area contributed by atoms with Gasteiger partial charge in [-0.2, -0.15) is 0 Å². The van der Waals surface area contributed by atoms with Crippen molar-refractivity contribution in [2.75, 3.05) is 6.54 Å². The van der Waals surface area contributed by atoms with E-state index >= 15 is 0 Å². The molecule has 2 heteroatoms. The van der Waals surface area contributed by atoms with Crippen LogP contribution in [0.2, 0.25) is 0 Å². The van der Waals surface area contributed by atoms with Crippen molar-refractivity contribution >= 4 is 0 Å². The predicted octanol–water partition coefficient (Wildman–Crippen LogP) is 3.95. The number of rotatable bonds is 7. The van der Waals surface area contributed by atoms with Crippen LogP contribution >= 0.6 is 0 Å². The summed E-state index contributed by atoms with van der Waals surface area (Å²) in [6, 6.07) is 21.3. The SMILES string of the molecule is CC(C)[NH+](CC#CCC(O)(c1ccccc1)C1CCCC1)Cc1ccccc1. The summed E-state index contributed by atoms with van der Waals surface area (Å²) in [7, 11) is 0. The lowest BCUT2D eigenvalue weighted by Crippen LogP contribution is -3.13. The average molecular weight is 377 g/mol. The number of quaternary nitrogens is 1. The van der Waals surface area contributed by atoms with E-state index in [1.165, 1.54) is 23.3 Å². The molecule has 2 atom stereocenters. The van der Waals surface area contributed by atoms with Crippen LogP contribution in [-0.4, -0.2) is 17.7 Å². The third-order valence-corrected chi connectivity index (χ3v) is 6.19. The highest BCUT2D eigenvalue weighted by Gasteiger charge is 2.39. The van der Waals surface area contributed by atoms with Crippen molar-refractivity contribution in [3.63, 3.8) is 0 Å². The molecule has 28 heavy (non-hydrogen) atoms. The van der Waals surface area contributed by atoms with E-state index in [2.05, 4.69) is 68.2 Å². The lowest BCUT2D eigenvalue weighted by molar-refractivity contribution is -0.928. The Morgan fingerprint density at radius 1 is 0.964 bits per heavy atom. The first kappa shape index (κ1) is 20.6. The molecule has 0 amide bonds. The zero-order valence-electron chi connectivity index (χ0n) is 17.3. The van der Waals surface area contributed by atoms with Gasteiger partial charge in [-0.3, -0.25) is 0 Å². The van der Waals surface area contributed by atoms with E-state index in [4.69, 9.17) is 0 Å². The van der Waals surface area contributed by atoms with Crippen LogP contribution in [-0.2, 0) is 12.1 Å². The molecule has 3 rings (SSSR count). The summed E-state index contributed by atoms with van der Waals surface area (Å²) in [5.41, 5.74) is 1.55. The topological polar surface area (TPSA) is 24.7 Å². The number of hydrogen-bond donors (Lipinski definition) is 2. The van der Waals surface area contributed by atoms with Gasteiger partial charge < -0.3 is 10.0 Å². The van der Waals surface area contributed by atoms with Crippen LogP contribution in [0, 0.1) is 17.8 Å². The van der Waals surface area contributed by atoms with Crippen LogP contribution in [0.3, 0.4) is 0 Å². The largest absolute Gasteiger partial charge is 0.384 e. The third-order valence-electron chi connectivity index (χ3n) is 6.19. The molecule has 1 fully saturated rings. The molecule has 1 aliphatic rings. The molecular weight excluding hydrogens is 342 g/mol. The standard InChI is InChI=1S/C26H33NO/c1-22(2)27(21-23-13-5-3-6-14-23)20-12-11-19-26(28,25-17-9-10-18-25)24-15-7-4-8-16-24/h3-8,13-16,22,25,28H,9-10,17-21H2,1-2H3/p+1. The first-order valence-electron chi connectivity index (χ1n) is 10.7. The summed E-state index contributed by atoms with van der Waals surface area (Å²) in [5, 5.41) is 11.6. The minimum absolute atomic E-state index is 0.321. The van der Waals surface area contributed by atoms with Gasteiger partial charge in [0.1, 0.15) is 18.7 Å². The van der Waals surface area contributed by atoms with Gasteiger partial charge in [-0.25, -0.2) is 0 Å². The van der Waals surface area contributed by atoms with E-state index < -0.39 is 5.60 Å². The fourth-order valence-electron chi connectivity index (χ4n) is 4.31. The van der Waals surface area contributed by atoms with Crippen LogP contribution in [0.4, 0.5) is 0 Å². The zero-order valence-corrected chi connectivity index (χ0v) is 17.3. The van der Waals surface area contributed by atoms with Crippen molar-refractivity contribution in [2.24, 2.45) is 5.92 Å². The van der Waals surface area contributed by atoms with Crippen LogP contribution in [0.25, 0.3) is 0 Å². The van der Waals surface area contributed by atoms with Crippen molar-refractivity contribution in [3.05, 3.63) is 71.8 Å². The Morgan fingerprint density at radius 2 is 1.57 bits per heavy atom. The number of aliphatic hydroxyl groups is 1. The minimum Gasteiger partial charge on any atom is -0.384 e. The molecule has 2 aromatic rings. The number of benzene rings is 2. The van der Waals surface area contributed by atoms with E-state index in [9.17, 15) is 5.11 Å². The maximum Gasteiger partial charge on any atom is 0.139 e. The van der Waals surface area contributed by atoms with Crippen LogP contribution in [0.15, 0.2) is 60.7 Å². The molecule has 0 bridgehead atoms. The van der Waals surface area contributed by atoms with Crippen molar-refractivity contribution in [3.8, 4) is 11.8 Å². The smallest absolute Gasteiger partial charge is 0.139 e. The molecule has 2 N–H and O–H groups in total. The van der Waals surface area contributed by atoms with Crippen molar-refractivity contribution in [2.45, 2.75) is 64.1 Å². The summed E-state index contributed by atoms with van der Waals surface area (Å²) >= 11 is 0. The van der Waals surface area contributed by atoms with Crippen LogP contribution < -0.4 is 4.90 Å². The Kier molecular flexibility index (Phi) is 7.31. The molecule has 1 aliphatic carbocycles. The molecule has 2 unspecified atom stereocenters. The monoisotopic (exact) mass is 376 g/mol. The van der Waals surface area contributed by atoms with E-state index in [0.717, 1.165) is 31.5 Å². The highest BCUT2D eigenvalue weighted by molar-refractivity contribution is 5.26. The van der Waals surface area contributed by atoms with Crippen LogP contribution in [0.5, 0.6) is 0 Å². The molecule has 0 spiro atoms. The quantitative estimate of drug-likeness (QED) is 0.703. The average Bonchev–Trinajstić information content (AvgIpc) is 3.27. The van der Waals surface area contributed by atoms with E-state index in [-0.39, 0.29) is 0 Å². The molecular formula is C26H34NO+. The van der Waals surface area contributed by atoms with E-state index in [1.54, 1.807) is 0 Å². The van der Waals surface area contributed by atoms with Crippen molar-refractivity contribution in [1.29, 1.82) is 0 Å². The molecule has 2 nitrogen and oxygen atoms in total. The molecule has 0 saturated heterocycles. The summed E-state index contributed by atoms with van der Waals surface area (Å²) in [6.45, 7) is 6.29. The van der Waals surface area contributed by atoms with Gasteiger partial charge in [-0.15, -0.1) is 0 Å². The van der Waals surface area contributed by atoms with Gasteiger partial charge in [0.15, 0.2) is 0 Å². The maximum absolute atomic E-state index is 11.6. The van der Waals surface area contributed by atoms with E-state index in [0.29, 0.717) is 18.4 Å². The van der Waals surface area contributed by atoms with Crippen molar-refractivity contribution < 1.29 is 10.0 Å². The lowest BCUT2D eigenvalue weighted by Gasteiger charge is -2.33. The highest BCUT2D eigenvalue weighted by Crippen LogP contribution is 2.42. The molecule has 2 aromatic carbocycles. The zero-order chi connectivity index (χ0) is 19.8.